The monoisotopic (exact) mass is 1520 g/mol. The van der Waals surface area contributed by atoms with Crippen molar-refractivity contribution in [2.75, 3.05) is 329 Å². The highest BCUT2D eigenvalue weighted by Crippen LogP contribution is 2.34. The number of thioether (sulfide) groups is 2. The van der Waals surface area contributed by atoms with Gasteiger partial charge in [0.05, 0.1) is 328 Å². The summed E-state index contributed by atoms with van der Waals surface area (Å²) in [7, 11) is 0. The van der Waals surface area contributed by atoms with E-state index in [1.807, 2.05) is 23.5 Å². The van der Waals surface area contributed by atoms with Crippen molar-refractivity contribution in [2.24, 2.45) is 0 Å². The molecule has 0 aliphatic carbocycles. The van der Waals surface area contributed by atoms with Crippen molar-refractivity contribution in [2.45, 2.75) is 86.0 Å². The second kappa shape index (κ2) is 70.9. The summed E-state index contributed by atoms with van der Waals surface area (Å²) < 4.78 is 127. The van der Waals surface area contributed by atoms with Crippen LogP contribution in [0.2, 0.25) is 0 Å². The van der Waals surface area contributed by atoms with Crippen LogP contribution >= 0.6 is 23.5 Å². The molecule has 4 rings (SSSR count). The predicted octanol–water partition coefficient (Wildman–Crippen LogP) is 1.05. The molecule has 103 heavy (non-hydrogen) atoms. The molecule has 6 N–H and O–H groups in total. The van der Waals surface area contributed by atoms with Gasteiger partial charge in [-0.15, -0.1) is 0 Å². The van der Waals surface area contributed by atoms with E-state index in [9.17, 15) is 19.2 Å². The molecule has 0 bridgehead atoms. The van der Waals surface area contributed by atoms with Crippen LogP contribution in [0.25, 0.3) is 0 Å². The van der Waals surface area contributed by atoms with Crippen LogP contribution in [0.3, 0.4) is 0 Å². The van der Waals surface area contributed by atoms with Crippen molar-refractivity contribution in [3.63, 3.8) is 0 Å². The van der Waals surface area contributed by atoms with E-state index in [1.54, 1.807) is 0 Å². The Bertz CT molecular complexity index is 1830. The van der Waals surface area contributed by atoms with E-state index in [4.69, 9.17) is 109 Å². The molecule has 604 valence electrons. The van der Waals surface area contributed by atoms with Gasteiger partial charge in [0.15, 0.2) is 0 Å². The predicted molar refractivity (Wildman–Crippen MR) is 383 cm³/mol. The third kappa shape index (κ3) is 56.2. The van der Waals surface area contributed by atoms with E-state index in [-0.39, 0.29) is 48.0 Å². The molecule has 0 saturated carbocycles. The second-order valence-electron chi connectivity index (χ2n) is 23.5. The summed E-state index contributed by atoms with van der Waals surface area (Å²) in [6, 6.07) is 0.765. The number of urea groups is 2. The van der Waals surface area contributed by atoms with Crippen molar-refractivity contribution in [3.8, 4) is 0 Å². The van der Waals surface area contributed by atoms with E-state index in [2.05, 4.69) is 31.9 Å². The minimum Gasteiger partial charge on any atom is -0.377 e. The zero-order valence-electron chi connectivity index (χ0n) is 61.3. The molecule has 4 heterocycles. The van der Waals surface area contributed by atoms with Gasteiger partial charge in [-0.1, -0.05) is 12.8 Å². The third-order valence-electron chi connectivity index (χ3n) is 15.5. The summed E-state index contributed by atoms with van der Waals surface area (Å²) in [5, 5.41) is 18.6. The molecule has 33 nitrogen and oxygen atoms in total. The molecule has 4 aliphatic heterocycles. The van der Waals surface area contributed by atoms with Crippen molar-refractivity contribution >= 4 is 47.4 Å². The molecule has 6 amide bonds. The van der Waals surface area contributed by atoms with Crippen molar-refractivity contribution < 1.29 is 128 Å². The molecule has 0 radical (unpaired) electrons. The molecule has 6 atom stereocenters. The maximum Gasteiger partial charge on any atom is 0.315 e. The van der Waals surface area contributed by atoms with Gasteiger partial charge in [-0.05, 0) is 25.7 Å². The fourth-order valence-electron chi connectivity index (χ4n) is 10.2. The number of fused-ring (bicyclic) bond motifs is 2. The fraction of sp³-hybridized carbons (Fsp3) is 0.941. The lowest BCUT2D eigenvalue weighted by molar-refractivity contribution is -0.122. The summed E-state index contributed by atoms with van der Waals surface area (Å²) in [5.41, 5.74) is 0. The van der Waals surface area contributed by atoms with Gasteiger partial charge in [0.1, 0.15) is 0 Å². The molecule has 0 aromatic rings. The normalized spacial score (nSPS) is 18.3. The standard InChI is InChI=1S/C68H128N6O27S2/c75-63(7-3-1-5-61-65-59(57-102-61)71-67(77)73-65)69-9-11-79-13-15-81-17-19-83-21-23-85-25-27-87-29-31-89-33-35-91-37-39-93-41-43-95-45-47-97-49-51-99-53-55-101-56-54-100-52-50-98-48-46-96-44-42-94-40-38-92-36-34-90-32-30-88-28-26-86-24-22-84-20-18-82-16-14-80-12-10-70-64(76)8-4-2-6-62-66-60(58-103-62)72-68(78)74-66/h59-62,65-66H,1-58H2,(H,69,75)(H,70,76)(H2,71,73,77)(H2,72,74,78)/t59-,60+,61-,62+,65-,66+. The zero-order valence-corrected chi connectivity index (χ0v) is 62.9. The van der Waals surface area contributed by atoms with Crippen molar-refractivity contribution in [1.29, 1.82) is 0 Å². The largest absolute Gasteiger partial charge is 0.377 e. The second-order valence-corrected chi connectivity index (χ2v) is 26.1. The van der Waals surface area contributed by atoms with E-state index in [0.717, 1.165) is 50.0 Å². The smallest absolute Gasteiger partial charge is 0.315 e. The Balaban J connectivity index is 0.679. The van der Waals surface area contributed by atoms with Crippen LogP contribution in [0, 0.1) is 0 Å². The fourth-order valence-corrected chi connectivity index (χ4v) is 13.3. The lowest BCUT2D eigenvalue weighted by atomic mass is 10.0. The molecule has 0 unspecified atom stereocenters. The zero-order chi connectivity index (χ0) is 72.7. The number of carbonyl (C=O) groups excluding carboxylic acids is 4. The minimum absolute atomic E-state index is 0.0362. The lowest BCUT2D eigenvalue weighted by Gasteiger charge is -2.16. The first-order chi connectivity index (χ1) is 51.0. The average Bonchev–Trinajstić information content (AvgIpc) is 1.68. The Morgan fingerprint density at radius 2 is 0.437 bits per heavy atom. The molecule has 4 saturated heterocycles. The highest BCUT2D eigenvalue weighted by molar-refractivity contribution is 8.00. The summed E-state index contributed by atoms with van der Waals surface area (Å²) in [6.45, 7) is 22.6. The molecular formula is C68H128N6O27S2. The molecular weight excluding hydrogens is 1400 g/mol. The number of rotatable bonds is 82. The Morgan fingerprint density at radius 1 is 0.262 bits per heavy atom. The Hall–Kier alpha value is -2.74. The number of hydrogen-bond acceptors (Lipinski definition) is 29. The molecule has 0 aromatic heterocycles. The van der Waals surface area contributed by atoms with Crippen LogP contribution in [0.5, 0.6) is 0 Å². The highest BCUT2D eigenvalue weighted by Gasteiger charge is 2.43. The number of ether oxygens (including phenoxy) is 23. The average molecular weight is 1530 g/mol. The lowest BCUT2D eigenvalue weighted by Crippen LogP contribution is -2.36. The number of carbonyl (C=O) groups is 4. The molecule has 4 aliphatic rings. The molecule has 0 spiro atoms. The summed E-state index contributed by atoms with van der Waals surface area (Å²) in [6.07, 6.45) is 6.60. The van der Waals surface area contributed by atoms with Gasteiger partial charge in [0.25, 0.3) is 0 Å². The number of unbranched alkanes of at least 4 members (excludes halogenated alkanes) is 2. The van der Waals surface area contributed by atoms with Gasteiger partial charge < -0.3 is 141 Å². The Kier molecular flexibility index (Phi) is 63.8. The number of amides is 6. The van der Waals surface area contributed by atoms with Crippen molar-refractivity contribution in [1.82, 2.24) is 31.9 Å². The van der Waals surface area contributed by atoms with Crippen LogP contribution < -0.4 is 31.9 Å². The van der Waals surface area contributed by atoms with E-state index >= 15 is 0 Å². The van der Waals surface area contributed by atoms with Crippen LogP contribution in [0.4, 0.5) is 9.59 Å². The summed E-state index contributed by atoms with van der Waals surface area (Å²) in [4.78, 5) is 47.2. The Labute approximate surface area is 619 Å². The van der Waals surface area contributed by atoms with E-state index in [1.165, 1.54) is 0 Å². The van der Waals surface area contributed by atoms with Gasteiger partial charge >= 0.3 is 12.1 Å². The van der Waals surface area contributed by atoms with Crippen LogP contribution in [0.15, 0.2) is 0 Å². The van der Waals surface area contributed by atoms with Crippen LogP contribution in [-0.2, 0) is 119 Å². The van der Waals surface area contributed by atoms with Gasteiger partial charge in [0.2, 0.25) is 11.8 Å². The van der Waals surface area contributed by atoms with Crippen molar-refractivity contribution in [3.05, 3.63) is 0 Å². The number of hydrogen-bond donors (Lipinski definition) is 6. The molecule has 0 aromatic carbocycles. The van der Waals surface area contributed by atoms with Crippen LogP contribution in [-0.4, -0.2) is 387 Å². The summed E-state index contributed by atoms with van der Waals surface area (Å²) >= 11 is 3.80. The minimum atomic E-state index is -0.0661. The maximum atomic E-state index is 12.1. The summed E-state index contributed by atoms with van der Waals surface area (Å²) in [5.74, 6) is 1.98. The number of nitrogens with one attached hydrogen (secondary N) is 6. The third-order valence-corrected chi connectivity index (χ3v) is 18.5. The van der Waals surface area contributed by atoms with E-state index in [0.29, 0.717) is 340 Å². The van der Waals surface area contributed by atoms with Gasteiger partial charge in [-0.2, -0.15) is 23.5 Å². The first kappa shape index (κ1) is 92.6. The van der Waals surface area contributed by atoms with Gasteiger partial charge in [0, 0.05) is 47.9 Å². The first-order valence-corrected chi connectivity index (χ1v) is 39.3. The molecule has 35 heteroatoms. The van der Waals surface area contributed by atoms with Crippen LogP contribution in [0.1, 0.15) is 51.4 Å². The van der Waals surface area contributed by atoms with E-state index < -0.39 is 0 Å². The quantitative estimate of drug-likeness (QED) is 0.0366. The maximum absolute atomic E-state index is 12.1. The molecule has 4 fully saturated rings. The van der Waals surface area contributed by atoms with Gasteiger partial charge in [-0.3, -0.25) is 9.59 Å². The van der Waals surface area contributed by atoms with Gasteiger partial charge in [-0.25, -0.2) is 9.59 Å². The first-order valence-electron chi connectivity index (χ1n) is 37.2. The highest BCUT2D eigenvalue weighted by atomic mass is 32.2. The topological polar surface area (TPSA) is 353 Å². The SMILES string of the molecule is O=C(CCCC[C@@H]1SC[C@@H]2NC(=O)N[C@@H]21)NCCOCCOCCOCCOCCOCCOCCOCCOCCOCCOCCOCCOCCOCCOCCOCCOCCOCCOCCOCCOCCOCCOCCOCCNC(=O)CCCC[C@H]1SC[C@H]2NC(=O)N[C@H]21. The Morgan fingerprint density at radius 3 is 0.621 bits per heavy atom.